The van der Waals surface area contributed by atoms with Crippen LogP contribution < -0.4 is 5.32 Å². The van der Waals surface area contributed by atoms with Crippen LogP contribution >= 0.6 is 0 Å². The fourth-order valence-electron chi connectivity index (χ4n) is 0.857. The molecule has 0 aliphatic heterocycles. The second-order valence-electron chi connectivity index (χ2n) is 2.15. The normalized spacial score (nSPS) is 12.1. The van der Waals surface area contributed by atoms with Crippen LogP contribution in [0.2, 0.25) is 0 Å². The quantitative estimate of drug-likeness (QED) is 0.569. The van der Waals surface area contributed by atoms with E-state index in [1.807, 2.05) is 7.05 Å². The molecule has 1 heteroatoms. The summed E-state index contributed by atoms with van der Waals surface area (Å²) in [6, 6.07) is 0. The summed E-state index contributed by atoms with van der Waals surface area (Å²) in [6.07, 6.45) is 4.62. The fraction of sp³-hybridized carbons (Fsp3) is 0.750. The number of nitrogens with one attached hydrogen (secondary N) is 1. The van der Waals surface area contributed by atoms with Gasteiger partial charge >= 0.3 is 0 Å². The molecule has 0 spiro atoms. The molecule has 9 heavy (non-hydrogen) atoms. The van der Waals surface area contributed by atoms with Gasteiger partial charge in [-0.25, -0.2) is 0 Å². The van der Waals surface area contributed by atoms with Crippen LogP contribution in [-0.2, 0) is 0 Å². The van der Waals surface area contributed by atoms with Gasteiger partial charge in [-0.2, -0.15) is 0 Å². The molecule has 0 aliphatic carbocycles. The maximum atomic E-state index is 3.14. The molecule has 1 nitrogen and oxygen atoms in total. The standard InChI is InChI=1S/C8H17N/c1-4-6-8(5-2)7-9-3/h6,9H,4-5,7H2,1-3H3. The Morgan fingerprint density at radius 1 is 1.44 bits per heavy atom. The van der Waals surface area contributed by atoms with E-state index in [0.717, 1.165) is 13.0 Å². The Labute approximate surface area is 58.2 Å². The SMILES string of the molecule is CCC=C(CC)CNC. The second kappa shape index (κ2) is 5.83. The summed E-state index contributed by atoms with van der Waals surface area (Å²) >= 11 is 0. The molecular weight excluding hydrogens is 110 g/mol. The smallest absolute Gasteiger partial charge is 0.0161 e. The minimum atomic E-state index is 1.05. The molecule has 0 aromatic heterocycles. The van der Waals surface area contributed by atoms with Gasteiger partial charge in [0.05, 0.1) is 0 Å². The molecule has 0 aromatic carbocycles. The Morgan fingerprint density at radius 3 is 2.44 bits per heavy atom. The van der Waals surface area contributed by atoms with Crippen molar-refractivity contribution in [3.63, 3.8) is 0 Å². The van der Waals surface area contributed by atoms with Crippen LogP contribution in [0.5, 0.6) is 0 Å². The van der Waals surface area contributed by atoms with Crippen molar-refractivity contribution < 1.29 is 0 Å². The topological polar surface area (TPSA) is 12.0 Å². The summed E-state index contributed by atoms with van der Waals surface area (Å²) in [6.45, 7) is 5.41. The third-order valence-electron chi connectivity index (χ3n) is 1.35. The minimum absolute atomic E-state index is 1.05. The van der Waals surface area contributed by atoms with Gasteiger partial charge < -0.3 is 5.32 Å². The Kier molecular flexibility index (Phi) is 5.64. The predicted octanol–water partition coefficient (Wildman–Crippen LogP) is 1.95. The average Bonchev–Trinajstić information content (AvgIpc) is 1.88. The summed E-state index contributed by atoms with van der Waals surface area (Å²) in [5.41, 5.74) is 1.51. The lowest BCUT2D eigenvalue weighted by molar-refractivity contribution is 0.837. The monoisotopic (exact) mass is 127 g/mol. The molecular formula is C8H17N. The highest BCUT2D eigenvalue weighted by Gasteiger charge is 1.87. The second-order valence-corrected chi connectivity index (χ2v) is 2.15. The largest absolute Gasteiger partial charge is 0.316 e. The molecule has 0 unspecified atom stereocenters. The number of allylic oxidation sites excluding steroid dienone is 1. The number of likely N-dealkylation sites (N-methyl/N-ethyl adjacent to an activating group) is 1. The van der Waals surface area contributed by atoms with Gasteiger partial charge in [0, 0.05) is 6.54 Å². The Morgan fingerprint density at radius 2 is 2.11 bits per heavy atom. The molecule has 0 bridgehead atoms. The molecule has 0 heterocycles. The maximum Gasteiger partial charge on any atom is 0.0161 e. The molecule has 0 saturated carbocycles. The summed E-state index contributed by atoms with van der Waals surface area (Å²) in [7, 11) is 1.99. The predicted molar refractivity (Wildman–Crippen MR) is 42.6 cm³/mol. The van der Waals surface area contributed by atoms with Crippen LogP contribution in [-0.4, -0.2) is 13.6 Å². The van der Waals surface area contributed by atoms with E-state index in [0.29, 0.717) is 0 Å². The Balaban J connectivity index is 3.53. The lowest BCUT2D eigenvalue weighted by atomic mass is 10.2. The van der Waals surface area contributed by atoms with Crippen LogP contribution in [0.25, 0.3) is 0 Å². The Hall–Kier alpha value is -0.300. The van der Waals surface area contributed by atoms with Crippen molar-refractivity contribution >= 4 is 0 Å². The molecule has 54 valence electrons. The van der Waals surface area contributed by atoms with Gasteiger partial charge in [0.2, 0.25) is 0 Å². The minimum Gasteiger partial charge on any atom is -0.316 e. The van der Waals surface area contributed by atoms with Gasteiger partial charge in [0.1, 0.15) is 0 Å². The van der Waals surface area contributed by atoms with E-state index >= 15 is 0 Å². The van der Waals surface area contributed by atoms with Crippen molar-refractivity contribution in [1.29, 1.82) is 0 Å². The molecule has 0 fully saturated rings. The molecule has 0 aliphatic rings. The van der Waals surface area contributed by atoms with E-state index in [9.17, 15) is 0 Å². The molecule has 0 atom stereocenters. The van der Waals surface area contributed by atoms with Crippen LogP contribution in [0.15, 0.2) is 11.6 Å². The van der Waals surface area contributed by atoms with Crippen LogP contribution in [0.1, 0.15) is 26.7 Å². The van der Waals surface area contributed by atoms with Crippen LogP contribution in [0.3, 0.4) is 0 Å². The van der Waals surface area contributed by atoms with E-state index < -0.39 is 0 Å². The van der Waals surface area contributed by atoms with Crippen molar-refractivity contribution in [1.82, 2.24) is 5.32 Å². The highest BCUT2D eigenvalue weighted by Crippen LogP contribution is 1.98. The van der Waals surface area contributed by atoms with Crippen LogP contribution in [0, 0.1) is 0 Å². The zero-order chi connectivity index (χ0) is 7.11. The van der Waals surface area contributed by atoms with Crippen molar-refractivity contribution in [2.24, 2.45) is 0 Å². The number of rotatable bonds is 4. The van der Waals surface area contributed by atoms with E-state index in [-0.39, 0.29) is 0 Å². The van der Waals surface area contributed by atoms with E-state index in [4.69, 9.17) is 0 Å². The lowest BCUT2D eigenvalue weighted by Gasteiger charge is -2.00. The molecule has 0 aromatic rings. The van der Waals surface area contributed by atoms with Gasteiger partial charge in [-0.1, -0.05) is 25.5 Å². The van der Waals surface area contributed by atoms with Gasteiger partial charge in [-0.3, -0.25) is 0 Å². The van der Waals surface area contributed by atoms with Crippen molar-refractivity contribution in [2.45, 2.75) is 26.7 Å². The van der Waals surface area contributed by atoms with Gasteiger partial charge in [-0.05, 0) is 19.9 Å². The number of hydrogen-bond acceptors (Lipinski definition) is 1. The first kappa shape index (κ1) is 8.70. The third-order valence-corrected chi connectivity index (χ3v) is 1.35. The third kappa shape index (κ3) is 4.22. The Bertz CT molecular complexity index is 84.6. The first-order chi connectivity index (χ1) is 4.35. The zero-order valence-electron chi connectivity index (χ0n) is 6.70. The first-order valence-electron chi connectivity index (χ1n) is 3.67. The molecule has 0 rings (SSSR count). The summed E-state index contributed by atoms with van der Waals surface area (Å²) in [4.78, 5) is 0. The van der Waals surface area contributed by atoms with Gasteiger partial charge in [0.25, 0.3) is 0 Å². The van der Waals surface area contributed by atoms with Gasteiger partial charge in [-0.15, -0.1) is 0 Å². The molecule has 0 radical (unpaired) electrons. The molecule has 0 saturated heterocycles. The van der Waals surface area contributed by atoms with Crippen LogP contribution in [0.4, 0.5) is 0 Å². The summed E-state index contributed by atoms with van der Waals surface area (Å²) in [5, 5.41) is 3.14. The fourth-order valence-corrected chi connectivity index (χ4v) is 0.857. The molecule has 1 N–H and O–H groups in total. The summed E-state index contributed by atoms with van der Waals surface area (Å²) < 4.78 is 0. The van der Waals surface area contributed by atoms with Crippen molar-refractivity contribution in [3.05, 3.63) is 11.6 Å². The first-order valence-corrected chi connectivity index (χ1v) is 3.67. The van der Waals surface area contributed by atoms with E-state index in [1.165, 1.54) is 12.0 Å². The number of hydrogen-bond donors (Lipinski definition) is 1. The molecule has 0 amide bonds. The highest BCUT2D eigenvalue weighted by molar-refractivity contribution is 5.02. The highest BCUT2D eigenvalue weighted by atomic mass is 14.8. The zero-order valence-corrected chi connectivity index (χ0v) is 6.70. The van der Waals surface area contributed by atoms with E-state index in [2.05, 4.69) is 25.2 Å². The average molecular weight is 127 g/mol. The summed E-state index contributed by atoms with van der Waals surface area (Å²) in [5.74, 6) is 0. The van der Waals surface area contributed by atoms with Gasteiger partial charge in [0.15, 0.2) is 0 Å². The van der Waals surface area contributed by atoms with E-state index in [1.54, 1.807) is 0 Å². The van der Waals surface area contributed by atoms with Crippen molar-refractivity contribution in [2.75, 3.05) is 13.6 Å². The van der Waals surface area contributed by atoms with Crippen molar-refractivity contribution in [3.8, 4) is 0 Å². The lowest BCUT2D eigenvalue weighted by Crippen LogP contribution is -2.09. The maximum absolute atomic E-state index is 3.14.